The van der Waals surface area contributed by atoms with Gasteiger partial charge in [0.2, 0.25) is 0 Å². The summed E-state index contributed by atoms with van der Waals surface area (Å²) in [5.41, 5.74) is 0.816. The molecule has 0 unspecified atom stereocenters. The second-order valence-electron chi connectivity index (χ2n) is 5.05. The number of carbonyl (C=O) groups is 1. The van der Waals surface area contributed by atoms with Crippen LogP contribution < -0.4 is 4.80 Å². The van der Waals surface area contributed by atoms with Gasteiger partial charge >= 0.3 is 0 Å². The molecule has 3 rings (SSSR count). The predicted octanol–water partition coefficient (Wildman–Crippen LogP) is 3.21. The molecule has 1 aromatic heterocycles. The summed E-state index contributed by atoms with van der Waals surface area (Å²) in [6.07, 6.45) is 4.94. The minimum absolute atomic E-state index is 0.0334. The molecule has 0 radical (unpaired) electrons. The van der Waals surface area contributed by atoms with Crippen molar-refractivity contribution in [1.82, 2.24) is 4.57 Å². The molecule has 1 aliphatic rings. The SMILES string of the molecule is Cc1cn(-c2ccc(F)cc2)c(=NC(=O)C2CCC2)s1. The summed E-state index contributed by atoms with van der Waals surface area (Å²) in [5, 5.41) is 0. The Bertz CT molecular complexity index is 695. The molecule has 0 aliphatic heterocycles. The molecular formula is C15H15FN2OS. The summed E-state index contributed by atoms with van der Waals surface area (Å²) in [4.78, 5) is 18.0. The Morgan fingerprint density at radius 2 is 2.05 bits per heavy atom. The van der Waals surface area contributed by atoms with Gasteiger partial charge < -0.3 is 0 Å². The highest BCUT2D eigenvalue weighted by Gasteiger charge is 2.24. The molecule has 1 fully saturated rings. The Hall–Kier alpha value is -1.75. The molecule has 0 bridgehead atoms. The summed E-state index contributed by atoms with van der Waals surface area (Å²) < 4.78 is 14.8. The number of benzene rings is 1. The number of hydrogen-bond donors (Lipinski definition) is 0. The minimum Gasteiger partial charge on any atom is -0.292 e. The molecule has 1 saturated carbocycles. The van der Waals surface area contributed by atoms with Crippen LogP contribution in [-0.2, 0) is 4.79 Å². The van der Waals surface area contributed by atoms with Crippen molar-refractivity contribution in [2.24, 2.45) is 10.9 Å². The van der Waals surface area contributed by atoms with Crippen molar-refractivity contribution >= 4 is 17.2 Å². The molecule has 1 amide bonds. The monoisotopic (exact) mass is 290 g/mol. The molecule has 0 N–H and O–H groups in total. The number of carbonyl (C=O) groups excluding carboxylic acids is 1. The van der Waals surface area contributed by atoms with Crippen molar-refractivity contribution < 1.29 is 9.18 Å². The Kier molecular flexibility index (Phi) is 3.53. The fourth-order valence-electron chi connectivity index (χ4n) is 2.16. The molecule has 20 heavy (non-hydrogen) atoms. The summed E-state index contributed by atoms with van der Waals surface area (Å²) >= 11 is 1.48. The highest BCUT2D eigenvalue weighted by molar-refractivity contribution is 7.09. The van der Waals surface area contributed by atoms with E-state index in [0.29, 0.717) is 4.80 Å². The number of aryl methyl sites for hydroxylation is 1. The lowest BCUT2D eigenvalue weighted by Gasteiger charge is -2.20. The zero-order valence-electron chi connectivity index (χ0n) is 11.2. The van der Waals surface area contributed by atoms with Crippen LogP contribution in [-0.4, -0.2) is 10.5 Å². The van der Waals surface area contributed by atoms with Gasteiger partial charge in [-0.2, -0.15) is 4.99 Å². The molecule has 0 atom stereocenters. The molecule has 0 saturated heterocycles. The molecule has 104 valence electrons. The zero-order valence-corrected chi connectivity index (χ0v) is 12.0. The van der Waals surface area contributed by atoms with Crippen LogP contribution >= 0.6 is 11.3 Å². The number of amides is 1. The van der Waals surface area contributed by atoms with Gasteiger partial charge in [0.15, 0.2) is 4.80 Å². The van der Waals surface area contributed by atoms with Gasteiger partial charge in [0.05, 0.1) is 0 Å². The van der Waals surface area contributed by atoms with Gasteiger partial charge in [-0.3, -0.25) is 9.36 Å². The second kappa shape index (κ2) is 5.32. The van der Waals surface area contributed by atoms with Crippen molar-refractivity contribution in [3.8, 4) is 5.69 Å². The highest BCUT2D eigenvalue weighted by Crippen LogP contribution is 2.27. The zero-order chi connectivity index (χ0) is 14.1. The fraction of sp³-hybridized carbons (Fsp3) is 0.333. The number of rotatable bonds is 2. The molecule has 2 aromatic rings. The Morgan fingerprint density at radius 1 is 1.35 bits per heavy atom. The maximum Gasteiger partial charge on any atom is 0.251 e. The largest absolute Gasteiger partial charge is 0.292 e. The van der Waals surface area contributed by atoms with Gasteiger partial charge in [-0.05, 0) is 44.0 Å². The maximum atomic E-state index is 13.0. The minimum atomic E-state index is -0.273. The topological polar surface area (TPSA) is 34.4 Å². The van der Waals surface area contributed by atoms with Crippen LogP contribution in [0.3, 0.4) is 0 Å². The van der Waals surface area contributed by atoms with Gasteiger partial charge in [-0.25, -0.2) is 4.39 Å². The first-order valence-electron chi connectivity index (χ1n) is 6.67. The van der Waals surface area contributed by atoms with Crippen LogP contribution in [0.4, 0.5) is 4.39 Å². The third-order valence-electron chi connectivity index (χ3n) is 3.53. The molecule has 5 heteroatoms. The van der Waals surface area contributed by atoms with Crippen molar-refractivity contribution in [1.29, 1.82) is 0 Å². The van der Waals surface area contributed by atoms with Crippen LogP contribution in [0.15, 0.2) is 35.5 Å². The van der Waals surface area contributed by atoms with Crippen molar-refractivity contribution in [3.05, 3.63) is 46.0 Å². The van der Waals surface area contributed by atoms with Gasteiger partial charge in [0.1, 0.15) is 5.82 Å². The van der Waals surface area contributed by atoms with E-state index in [1.54, 1.807) is 12.1 Å². The highest BCUT2D eigenvalue weighted by atomic mass is 32.1. The van der Waals surface area contributed by atoms with E-state index >= 15 is 0 Å². The number of hydrogen-bond acceptors (Lipinski definition) is 2. The smallest absolute Gasteiger partial charge is 0.251 e. The van der Waals surface area contributed by atoms with Gasteiger partial charge in [-0.15, -0.1) is 11.3 Å². The van der Waals surface area contributed by atoms with E-state index < -0.39 is 0 Å². The third kappa shape index (κ3) is 2.58. The van der Waals surface area contributed by atoms with E-state index in [2.05, 4.69) is 4.99 Å². The quantitative estimate of drug-likeness (QED) is 0.836. The number of halogens is 1. The van der Waals surface area contributed by atoms with Crippen LogP contribution in [0.2, 0.25) is 0 Å². The molecule has 3 nitrogen and oxygen atoms in total. The van der Waals surface area contributed by atoms with Gasteiger partial charge in [0, 0.05) is 22.7 Å². The number of thiazole rings is 1. The van der Waals surface area contributed by atoms with Crippen molar-refractivity contribution in [3.63, 3.8) is 0 Å². The first-order chi connectivity index (χ1) is 9.63. The molecule has 0 spiro atoms. The summed E-state index contributed by atoms with van der Waals surface area (Å²) in [5.74, 6) is -0.210. The molecule has 1 aromatic carbocycles. The third-order valence-corrected chi connectivity index (χ3v) is 4.43. The Balaban J connectivity index is 2.01. The maximum absolute atomic E-state index is 13.0. The summed E-state index contributed by atoms with van der Waals surface area (Å²) in [6.45, 7) is 1.97. The van der Waals surface area contributed by atoms with E-state index in [0.717, 1.165) is 29.8 Å². The molecule has 1 aliphatic carbocycles. The van der Waals surface area contributed by atoms with Crippen molar-refractivity contribution in [2.45, 2.75) is 26.2 Å². The average molecular weight is 290 g/mol. The lowest BCUT2D eigenvalue weighted by atomic mass is 9.85. The standard InChI is InChI=1S/C15H15FN2OS/c1-10-9-18(13-7-5-12(16)6-8-13)15(20-10)17-14(19)11-3-2-4-11/h5-9,11H,2-4H2,1H3. The van der Waals surface area contributed by atoms with E-state index in [9.17, 15) is 9.18 Å². The van der Waals surface area contributed by atoms with Crippen LogP contribution in [0.5, 0.6) is 0 Å². The number of nitrogens with zero attached hydrogens (tertiary/aromatic N) is 2. The van der Waals surface area contributed by atoms with E-state index in [1.165, 1.54) is 23.5 Å². The van der Waals surface area contributed by atoms with Crippen molar-refractivity contribution in [2.75, 3.05) is 0 Å². The van der Waals surface area contributed by atoms with Crippen LogP contribution in [0.25, 0.3) is 5.69 Å². The predicted molar refractivity (Wildman–Crippen MR) is 76.3 cm³/mol. The second-order valence-corrected chi connectivity index (χ2v) is 6.26. The molecular weight excluding hydrogens is 275 g/mol. The van der Waals surface area contributed by atoms with E-state index in [1.807, 2.05) is 17.7 Å². The van der Waals surface area contributed by atoms with Gasteiger partial charge in [-0.1, -0.05) is 6.42 Å². The lowest BCUT2D eigenvalue weighted by Crippen LogP contribution is -2.23. The fourth-order valence-corrected chi connectivity index (χ4v) is 3.00. The first kappa shape index (κ1) is 13.2. The lowest BCUT2D eigenvalue weighted by molar-refractivity contribution is -0.124. The normalized spacial score (nSPS) is 16.2. The first-order valence-corrected chi connectivity index (χ1v) is 7.49. The van der Waals surface area contributed by atoms with Gasteiger partial charge in [0.25, 0.3) is 5.91 Å². The summed E-state index contributed by atoms with van der Waals surface area (Å²) in [6, 6.07) is 6.20. The number of aromatic nitrogens is 1. The Labute approximate surface area is 120 Å². The van der Waals surface area contributed by atoms with Crippen LogP contribution in [0, 0.1) is 18.7 Å². The van der Waals surface area contributed by atoms with E-state index in [4.69, 9.17) is 0 Å². The molecule has 1 heterocycles. The van der Waals surface area contributed by atoms with E-state index in [-0.39, 0.29) is 17.6 Å². The Morgan fingerprint density at radius 3 is 2.65 bits per heavy atom. The average Bonchev–Trinajstić information content (AvgIpc) is 2.69. The van der Waals surface area contributed by atoms with Crippen LogP contribution in [0.1, 0.15) is 24.1 Å². The summed E-state index contributed by atoms with van der Waals surface area (Å²) in [7, 11) is 0.